The quantitative estimate of drug-likeness (QED) is 0.496. The van der Waals surface area contributed by atoms with E-state index in [0.29, 0.717) is 23.7 Å². The minimum Gasteiger partial charge on any atom is -0.496 e. The number of ether oxygens (including phenoxy) is 3. The van der Waals surface area contributed by atoms with E-state index < -0.39 is 0 Å². The van der Waals surface area contributed by atoms with E-state index in [1.54, 1.807) is 37.5 Å². The highest BCUT2D eigenvalue weighted by Gasteiger charge is 2.27. The molecule has 0 radical (unpaired) electrons. The van der Waals surface area contributed by atoms with Crippen LogP contribution in [0, 0.1) is 6.92 Å². The number of para-hydroxylation sites is 1. The summed E-state index contributed by atoms with van der Waals surface area (Å²) in [7, 11) is 1.63. The largest absolute Gasteiger partial charge is 0.496 e. The van der Waals surface area contributed by atoms with Crippen molar-refractivity contribution >= 4 is 11.9 Å². The molecule has 3 aromatic carbocycles. The second-order valence-corrected chi connectivity index (χ2v) is 6.94. The summed E-state index contributed by atoms with van der Waals surface area (Å²) in [5, 5.41) is 0. The Hall–Kier alpha value is -3.79. The Labute approximate surface area is 176 Å². The molecule has 1 aliphatic rings. The molecule has 0 fully saturated rings. The lowest BCUT2D eigenvalue weighted by molar-refractivity contribution is 0.101. The van der Waals surface area contributed by atoms with Crippen LogP contribution in [0.4, 0.5) is 0 Å². The third-order valence-electron chi connectivity index (χ3n) is 4.96. The molecule has 0 amide bonds. The third-order valence-corrected chi connectivity index (χ3v) is 4.96. The second-order valence-electron chi connectivity index (χ2n) is 6.94. The fourth-order valence-corrected chi connectivity index (χ4v) is 3.25. The highest BCUT2D eigenvalue weighted by atomic mass is 16.5. The van der Waals surface area contributed by atoms with Gasteiger partial charge in [-0.25, -0.2) is 0 Å². The Morgan fingerprint density at radius 3 is 2.63 bits per heavy atom. The molecule has 0 aliphatic carbocycles. The fourth-order valence-electron chi connectivity index (χ4n) is 3.25. The van der Waals surface area contributed by atoms with Crippen molar-refractivity contribution in [1.29, 1.82) is 0 Å². The van der Waals surface area contributed by atoms with E-state index in [0.717, 1.165) is 16.9 Å². The van der Waals surface area contributed by atoms with Gasteiger partial charge in [-0.15, -0.1) is 0 Å². The minimum atomic E-state index is -0.139. The van der Waals surface area contributed by atoms with Crippen LogP contribution < -0.4 is 14.2 Å². The molecule has 0 bridgehead atoms. The molecule has 1 heterocycles. The monoisotopic (exact) mass is 398 g/mol. The van der Waals surface area contributed by atoms with Gasteiger partial charge in [0.15, 0.2) is 5.76 Å². The van der Waals surface area contributed by atoms with E-state index in [1.807, 2.05) is 48.5 Å². The predicted molar refractivity (Wildman–Crippen MR) is 117 cm³/mol. The topological polar surface area (TPSA) is 44.8 Å². The third kappa shape index (κ3) is 4.13. The lowest BCUT2D eigenvalue weighted by Crippen LogP contribution is -1.98. The van der Waals surface area contributed by atoms with Gasteiger partial charge in [0.2, 0.25) is 5.78 Å². The highest BCUT2D eigenvalue weighted by molar-refractivity contribution is 6.12. The molecule has 4 heteroatoms. The number of carbonyl (C=O) groups excluding carboxylic acids is 1. The Kier molecular flexibility index (Phi) is 5.66. The van der Waals surface area contributed by atoms with Crippen molar-refractivity contribution in [2.45, 2.75) is 13.5 Å². The molecule has 4 nitrogen and oxygen atoms in total. The summed E-state index contributed by atoms with van der Waals surface area (Å²) in [5.74, 6) is 2.09. The summed E-state index contributed by atoms with van der Waals surface area (Å²) in [4.78, 5) is 12.6. The molecule has 0 aromatic heterocycles. The number of fused-ring (bicyclic) bond motifs is 1. The molecule has 0 unspecified atom stereocenters. The van der Waals surface area contributed by atoms with E-state index in [-0.39, 0.29) is 11.5 Å². The van der Waals surface area contributed by atoms with Crippen LogP contribution in [0.5, 0.6) is 17.2 Å². The standard InChI is InChI=1S/C26H22O4/c1-18-8-3-4-10-20(18)17-29-21-14-15-22-25(16-21)30-24(26(22)27)13-7-11-19-9-5-6-12-23(19)28-2/h3-16H,17H2,1-2H3/b11-7+,24-13-. The van der Waals surface area contributed by atoms with Crippen LogP contribution in [0.1, 0.15) is 27.0 Å². The van der Waals surface area contributed by atoms with Crippen molar-refractivity contribution in [3.63, 3.8) is 0 Å². The summed E-state index contributed by atoms with van der Waals surface area (Å²) in [6.45, 7) is 2.52. The van der Waals surface area contributed by atoms with Gasteiger partial charge in [0, 0.05) is 11.6 Å². The average molecular weight is 398 g/mol. The van der Waals surface area contributed by atoms with Gasteiger partial charge in [-0.2, -0.15) is 0 Å². The van der Waals surface area contributed by atoms with Crippen LogP contribution in [0.25, 0.3) is 6.08 Å². The SMILES string of the molecule is COc1ccccc1/C=C/C=C1\Oc2cc(OCc3ccccc3C)ccc2C1=O. The Morgan fingerprint density at radius 2 is 1.80 bits per heavy atom. The molecule has 4 rings (SSSR count). The molecule has 0 N–H and O–H groups in total. The number of benzene rings is 3. The second kappa shape index (κ2) is 8.70. The molecule has 0 atom stereocenters. The summed E-state index contributed by atoms with van der Waals surface area (Å²) in [6, 6.07) is 21.1. The van der Waals surface area contributed by atoms with Crippen molar-refractivity contribution in [3.8, 4) is 17.2 Å². The van der Waals surface area contributed by atoms with Gasteiger partial charge >= 0.3 is 0 Å². The molecule has 1 aliphatic heterocycles. The lowest BCUT2D eigenvalue weighted by atomic mass is 10.1. The Morgan fingerprint density at radius 1 is 1.00 bits per heavy atom. The van der Waals surface area contributed by atoms with Crippen molar-refractivity contribution in [1.82, 2.24) is 0 Å². The highest BCUT2D eigenvalue weighted by Crippen LogP contribution is 2.34. The number of hydrogen-bond donors (Lipinski definition) is 0. The number of carbonyl (C=O) groups is 1. The number of allylic oxidation sites excluding steroid dienone is 3. The summed E-state index contributed by atoms with van der Waals surface area (Å²) in [5.41, 5.74) is 3.76. The summed E-state index contributed by atoms with van der Waals surface area (Å²) in [6.07, 6.45) is 5.33. The van der Waals surface area contributed by atoms with Crippen LogP contribution in [0.3, 0.4) is 0 Å². The molecule has 150 valence electrons. The van der Waals surface area contributed by atoms with E-state index >= 15 is 0 Å². The van der Waals surface area contributed by atoms with Crippen LogP contribution in [-0.2, 0) is 6.61 Å². The van der Waals surface area contributed by atoms with Crippen LogP contribution in [0.15, 0.2) is 84.6 Å². The number of rotatable bonds is 6. The maximum atomic E-state index is 12.6. The van der Waals surface area contributed by atoms with Crippen LogP contribution in [-0.4, -0.2) is 12.9 Å². The Bertz CT molecular complexity index is 1140. The van der Waals surface area contributed by atoms with E-state index in [9.17, 15) is 4.79 Å². The van der Waals surface area contributed by atoms with Crippen LogP contribution in [0.2, 0.25) is 0 Å². The zero-order valence-corrected chi connectivity index (χ0v) is 16.9. The van der Waals surface area contributed by atoms with E-state index in [2.05, 4.69) is 13.0 Å². The first-order chi connectivity index (χ1) is 14.7. The van der Waals surface area contributed by atoms with Crippen molar-refractivity contribution in [2.24, 2.45) is 0 Å². The van der Waals surface area contributed by atoms with Gasteiger partial charge in [0.1, 0.15) is 23.9 Å². The van der Waals surface area contributed by atoms with Gasteiger partial charge in [0.25, 0.3) is 0 Å². The lowest BCUT2D eigenvalue weighted by Gasteiger charge is -2.09. The summed E-state index contributed by atoms with van der Waals surface area (Å²) >= 11 is 0. The van der Waals surface area contributed by atoms with Crippen LogP contribution >= 0.6 is 0 Å². The zero-order chi connectivity index (χ0) is 20.9. The zero-order valence-electron chi connectivity index (χ0n) is 16.9. The molecule has 30 heavy (non-hydrogen) atoms. The smallest absolute Gasteiger partial charge is 0.231 e. The molecule has 0 saturated heterocycles. The summed E-state index contributed by atoms with van der Waals surface area (Å²) < 4.78 is 17.0. The van der Waals surface area contributed by atoms with Crippen molar-refractivity contribution < 1.29 is 19.0 Å². The van der Waals surface area contributed by atoms with Gasteiger partial charge < -0.3 is 14.2 Å². The predicted octanol–water partition coefficient (Wildman–Crippen LogP) is 5.76. The minimum absolute atomic E-state index is 0.139. The van der Waals surface area contributed by atoms with E-state index in [4.69, 9.17) is 14.2 Å². The van der Waals surface area contributed by atoms with Crippen molar-refractivity contribution in [2.75, 3.05) is 7.11 Å². The van der Waals surface area contributed by atoms with Gasteiger partial charge in [0.05, 0.1) is 12.7 Å². The van der Waals surface area contributed by atoms with Crippen molar-refractivity contribution in [3.05, 3.63) is 107 Å². The van der Waals surface area contributed by atoms with E-state index in [1.165, 1.54) is 5.56 Å². The molecule has 0 spiro atoms. The van der Waals surface area contributed by atoms with Gasteiger partial charge in [-0.1, -0.05) is 54.6 Å². The maximum Gasteiger partial charge on any atom is 0.231 e. The average Bonchev–Trinajstić information content (AvgIpc) is 3.08. The number of aryl methyl sites for hydroxylation is 1. The Balaban J connectivity index is 1.47. The molecular formula is C26H22O4. The van der Waals surface area contributed by atoms with Gasteiger partial charge in [-0.3, -0.25) is 4.79 Å². The number of ketones is 1. The fraction of sp³-hybridized carbons (Fsp3) is 0.115. The number of hydrogen-bond acceptors (Lipinski definition) is 4. The first-order valence-corrected chi connectivity index (χ1v) is 9.71. The first-order valence-electron chi connectivity index (χ1n) is 9.71. The maximum absolute atomic E-state index is 12.6. The molecular weight excluding hydrogens is 376 g/mol. The normalized spacial score (nSPS) is 14.1. The molecule has 0 saturated carbocycles. The number of Topliss-reactive ketones (excluding diaryl/α,β-unsaturated/α-hetero) is 1. The first kappa shape index (κ1) is 19.5. The molecule has 3 aromatic rings. The van der Waals surface area contributed by atoms with Gasteiger partial charge in [-0.05, 0) is 42.3 Å². The number of methoxy groups -OCH3 is 1.